The smallest absolute Gasteiger partial charge is 0.406 e. The second-order valence-corrected chi connectivity index (χ2v) is 27.9. The Bertz CT molecular complexity index is 3740. The maximum atomic E-state index is 13.5. The summed E-state index contributed by atoms with van der Waals surface area (Å²) in [6, 6.07) is 16.0. The number of aromatic nitrogens is 4. The zero-order chi connectivity index (χ0) is 58.1. The summed E-state index contributed by atoms with van der Waals surface area (Å²) >= 11 is 1.90. The van der Waals surface area contributed by atoms with Gasteiger partial charge in [0.25, 0.3) is 0 Å². The number of benzene rings is 2. The lowest BCUT2D eigenvalue weighted by Crippen LogP contribution is -2.32. The van der Waals surface area contributed by atoms with Crippen molar-refractivity contribution in [3.05, 3.63) is 82.5 Å². The van der Waals surface area contributed by atoms with Gasteiger partial charge in [0.15, 0.2) is 29.7 Å². The van der Waals surface area contributed by atoms with Crippen LogP contribution in [-0.4, -0.2) is 140 Å². The van der Waals surface area contributed by atoms with Gasteiger partial charge in [-0.15, -0.1) is 6.42 Å². The number of terminal acetylenes is 1. The number of nitrogens with zero attached hydrogens (tertiary/aromatic N) is 4. The molecule has 0 aliphatic carbocycles. The van der Waals surface area contributed by atoms with Gasteiger partial charge in [-0.25, -0.2) is 43.6 Å². The predicted octanol–water partition coefficient (Wildman–Crippen LogP) is 7.80. The van der Waals surface area contributed by atoms with Crippen LogP contribution in [0.3, 0.4) is 0 Å². The molecule has 2 saturated heterocycles. The van der Waals surface area contributed by atoms with Crippen LogP contribution in [0.1, 0.15) is 31.4 Å². The van der Waals surface area contributed by atoms with E-state index >= 15 is 0 Å². The minimum absolute atomic E-state index is 0.0164. The van der Waals surface area contributed by atoms with E-state index in [9.17, 15) is 60.0 Å². The molecule has 2 aromatic carbocycles. The van der Waals surface area contributed by atoms with Crippen LogP contribution in [0.15, 0.2) is 83.1 Å². The Labute approximate surface area is 467 Å². The van der Waals surface area contributed by atoms with Gasteiger partial charge in [-0.1, -0.05) is 24.0 Å². The number of hydrogen-bond acceptors (Lipinski definition) is 16. The molecule has 428 valence electrons. The Morgan fingerprint density at radius 1 is 0.658 bits per heavy atom. The Kier molecular flexibility index (Phi) is 20.1. The van der Waals surface area contributed by atoms with E-state index in [1.54, 1.807) is 42.5 Å². The summed E-state index contributed by atoms with van der Waals surface area (Å²) in [5.41, 5.74) is 3.31. The summed E-state index contributed by atoms with van der Waals surface area (Å²) in [7, 11) is -10.1. The van der Waals surface area contributed by atoms with E-state index in [-0.39, 0.29) is 63.1 Å². The lowest BCUT2D eigenvalue weighted by Gasteiger charge is -2.24. The fourth-order valence-corrected chi connectivity index (χ4v) is 13.2. The third-order valence-corrected chi connectivity index (χ3v) is 18.5. The summed E-state index contributed by atoms with van der Waals surface area (Å²) < 4.78 is 184. The molecule has 79 heavy (non-hydrogen) atoms. The normalized spacial score (nSPS) is 15.7. The molecule has 0 amide bonds. The van der Waals surface area contributed by atoms with Crippen molar-refractivity contribution < 1.29 is 69.5 Å². The molecule has 0 bridgehead atoms. The van der Waals surface area contributed by atoms with Crippen LogP contribution in [0.25, 0.3) is 21.8 Å². The minimum atomic E-state index is -4.48. The van der Waals surface area contributed by atoms with Crippen LogP contribution in [0.4, 0.5) is 49.1 Å². The third-order valence-electron chi connectivity index (χ3n) is 12.2. The number of pyridine rings is 2. The van der Waals surface area contributed by atoms with Gasteiger partial charge < -0.3 is 39.9 Å². The highest BCUT2D eigenvalue weighted by Crippen LogP contribution is 2.34. The van der Waals surface area contributed by atoms with Crippen molar-refractivity contribution in [2.45, 2.75) is 73.3 Å². The van der Waals surface area contributed by atoms with Gasteiger partial charge in [0.1, 0.15) is 44.3 Å². The number of alkyl halides is 6. The number of ether oxygens (including phenoxy) is 2. The molecule has 29 heteroatoms. The van der Waals surface area contributed by atoms with Crippen molar-refractivity contribution in [1.82, 2.24) is 19.1 Å². The Morgan fingerprint density at radius 2 is 1.08 bits per heavy atom. The molecule has 0 spiro atoms. The largest absolute Gasteiger partial charge is 0.494 e. The lowest BCUT2D eigenvalue weighted by molar-refractivity contribution is -0.141. The molecule has 0 unspecified atom stereocenters. The molecule has 0 radical (unpaired) electrons. The van der Waals surface area contributed by atoms with Gasteiger partial charge in [-0.05, 0) is 90.6 Å². The first-order valence-corrected chi connectivity index (χ1v) is 32.3. The summed E-state index contributed by atoms with van der Waals surface area (Å²) in [6.07, 6.45) is 2.97. The highest BCUT2D eigenvalue weighted by atomic mass is 127. The average molecular weight is 1300 g/mol. The van der Waals surface area contributed by atoms with E-state index in [1.807, 2.05) is 28.7 Å². The quantitative estimate of drug-likeness (QED) is 0.0462. The van der Waals surface area contributed by atoms with Gasteiger partial charge >= 0.3 is 12.4 Å². The molecular formula is C50H55F6IN8O10S4. The third kappa shape index (κ3) is 17.7. The van der Waals surface area contributed by atoms with Crippen LogP contribution in [0, 0.1) is 27.9 Å². The van der Waals surface area contributed by atoms with Crippen molar-refractivity contribution >= 4 is 106 Å². The topological polar surface area (TPSA) is 239 Å². The van der Waals surface area contributed by atoms with Gasteiger partial charge in [0.05, 0.1) is 94.5 Å². The molecule has 2 aliphatic heterocycles. The van der Waals surface area contributed by atoms with E-state index in [2.05, 4.69) is 49.0 Å². The van der Waals surface area contributed by atoms with Crippen molar-refractivity contribution in [3.63, 3.8) is 0 Å². The number of nitrogens with one attached hydrogen (secondary N) is 4. The second kappa shape index (κ2) is 25.5. The molecule has 0 saturated carbocycles. The second-order valence-electron chi connectivity index (χ2n) is 18.2. The van der Waals surface area contributed by atoms with Gasteiger partial charge in [-0.2, -0.15) is 26.3 Å². The zero-order valence-corrected chi connectivity index (χ0v) is 48.2. The van der Waals surface area contributed by atoms with E-state index < -0.39 is 64.8 Å². The molecule has 2 aliphatic rings. The molecule has 0 atom stereocenters. The Morgan fingerprint density at radius 3 is 1.49 bits per heavy atom. The van der Waals surface area contributed by atoms with Crippen molar-refractivity contribution in [3.8, 4) is 35.7 Å². The summed E-state index contributed by atoms with van der Waals surface area (Å²) in [6.45, 7) is -1.93. The highest BCUT2D eigenvalue weighted by Gasteiger charge is 2.32. The number of hydrogen-bond donors (Lipinski definition) is 4. The number of halogens is 7. The fraction of sp³-hybridized carbons (Fsp3) is 0.400. The van der Waals surface area contributed by atoms with Crippen LogP contribution in [0.2, 0.25) is 0 Å². The van der Waals surface area contributed by atoms with E-state index in [1.165, 1.54) is 43.3 Å². The molecule has 4 aromatic heterocycles. The van der Waals surface area contributed by atoms with Crippen molar-refractivity contribution in [1.29, 1.82) is 0 Å². The van der Waals surface area contributed by atoms with Crippen LogP contribution in [-0.2, 0) is 52.4 Å². The van der Waals surface area contributed by atoms with Crippen LogP contribution in [0.5, 0.6) is 11.5 Å². The monoisotopic (exact) mass is 1300 g/mol. The van der Waals surface area contributed by atoms with Crippen LogP contribution >= 0.6 is 22.6 Å². The first kappa shape index (κ1) is 62.1. The predicted molar refractivity (Wildman–Crippen MR) is 300 cm³/mol. The molecule has 6 aromatic rings. The number of rotatable bonds is 14. The SMILES string of the molecule is C#CCNc1cnc(S(C)(=O)=O)cc1OC.COc1cc(S(C)(=O)=O)ncc1NCC#Cc1cc2c(NC3CCS(=O)(=O)CC3)cccc2n1CC(F)(F)F.O=S1(=O)CCC(Nc2cccc3c2cc(I)n3CC(F)(F)F)CC1. The molecular weight excluding hydrogens is 1240 g/mol. The fourth-order valence-electron chi connectivity index (χ4n) is 8.36. The minimum Gasteiger partial charge on any atom is -0.494 e. The van der Waals surface area contributed by atoms with Gasteiger partial charge in [0.2, 0.25) is 0 Å². The highest BCUT2D eigenvalue weighted by molar-refractivity contribution is 14.1. The Balaban J connectivity index is 0.000000213. The summed E-state index contributed by atoms with van der Waals surface area (Å²) in [4.78, 5) is 7.71. The van der Waals surface area contributed by atoms with Crippen molar-refractivity contribution in [2.24, 2.45) is 0 Å². The molecule has 8 rings (SSSR count). The van der Waals surface area contributed by atoms with Gasteiger partial charge in [0, 0.05) is 58.9 Å². The molecule has 18 nitrogen and oxygen atoms in total. The molecule has 4 N–H and O–H groups in total. The summed E-state index contributed by atoms with van der Waals surface area (Å²) in [5.74, 6) is 9.05. The first-order chi connectivity index (χ1) is 36.9. The number of fused-ring (bicyclic) bond motifs is 2. The van der Waals surface area contributed by atoms with Crippen molar-refractivity contribution in [2.75, 3.05) is 84.1 Å². The van der Waals surface area contributed by atoms with E-state index in [0.29, 0.717) is 75.2 Å². The molecule has 2 fully saturated rings. The Hall–Kier alpha value is -6.15. The van der Waals surface area contributed by atoms with Gasteiger partial charge in [-0.3, -0.25) is 0 Å². The molecule has 6 heterocycles. The summed E-state index contributed by atoms with van der Waals surface area (Å²) in [5, 5.41) is 13.5. The number of sulfone groups is 4. The maximum absolute atomic E-state index is 13.5. The standard InChI is InChI=1S/C25H27F3N4O5S2.C15H16F3IN2O2S.C10H12N2O3S/c1-37-23-14-24(38(2,33)34)30-15-21(23)29-10-4-5-18-13-19-20(31-17-8-11-39(35,36)12-9-17)6-3-7-22(19)32(18)16-25(26,27)28;16-15(17,18)9-21-13-3-1-2-12(11(13)8-14(21)19)20-10-4-6-24(22,23)7-5-10;1-4-5-11-8-7-12-10(16(3,13)14)6-9(8)15-2/h3,6-7,13-15,17,29,31H,8-12,16H2,1-2H3;1-3,8,10,20H,4-7,9H2;1,6-7,11H,5H2,2-3H3. The lowest BCUT2D eigenvalue weighted by atomic mass is 10.1. The van der Waals surface area contributed by atoms with E-state index in [0.717, 1.165) is 28.2 Å². The number of anilines is 4. The average Bonchev–Trinajstić information content (AvgIpc) is 3.93. The maximum Gasteiger partial charge on any atom is 0.406 e. The van der Waals surface area contributed by atoms with Crippen LogP contribution < -0.4 is 30.7 Å². The zero-order valence-electron chi connectivity index (χ0n) is 42.8. The van der Waals surface area contributed by atoms with E-state index in [4.69, 9.17) is 15.9 Å². The number of methoxy groups -OCH3 is 2. The first-order valence-electron chi connectivity index (χ1n) is 23.7.